The number of carbonyl (C=O) groups excluding carboxylic acids is 4. The van der Waals surface area contributed by atoms with E-state index in [2.05, 4.69) is 113 Å². The van der Waals surface area contributed by atoms with E-state index in [1.54, 1.807) is 0 Å². The number of esters is 4. The Hall–Kier alpha value is -3.76. The highest BCUT2D eigenvalue weighted by Gasteiger charge is 2.30. The molecule has 0 spiro atoms. The molecular weight excluding hydrogens is 1310 g/mol. The highest BCUT2D eigenvalue weighted by atomic mass is 31.2. The van der Waals surface area contributed by atoms with E-state index in [0.717, 1.165) is 154 Å². The molecule has 0 aliphatic heterocycles. The van der Waals surface area contributed by atoms with Crippen molar-refractivity contribution in [3.05, 3.63) is 85.1 Å². The molecule has 0 saturated carbocycles. The molecule has 3 N–H and O–H groups in total. The van der Waals surface area contributed by atoms with Gasteiger partial charge in [-0.05, 0) is 122 Å². The van der Waals surface area contributed by atoms with Gasteiger partial charge in [0.2, 0.25) is 0 Å². The van der Waals surface area contributed by atoms with Crippen molar-refractivity contribution < 1.29 is 80.2 Å². The first-order valence-corrected chi connectivity index (χ1v) is 42.8. The summed E-state index contributed by atoms with van der Waals surface area (Å²) in [6.45, 7) is 4.73. The zero-order valence-corrected chi connectivity index (χ0v) is 65.2. The summed E-state index contributed by atoms with van der Waals surface area (Å²) in [5.41, 5.74) is 0. The Morgan fingerprint density at radius 3 is 0.820 bits per heavy atom. The van der Waals surface area contributed by atoms with Crippen molar-refractivity contribution in [1.29, 1.82) is 0 Å². The minimum Gasteiger partial charge on any atom is -0.462 e. The summed E-state index contributed by atoms with van der Waals surface area (Å²) >= 11 is 0. The number of aliphatic hydroxyl groups excluding tert-OH is 1. The van der Waals surface area contributed by atoms with Crippen molar-refractivity contribution in [2.45, 2.75) is 367 Å². The van der Waals surface area contributed by atoms with E-state index < -0.39 is 97.5 Å². The zero-order valence-electron chi connectivity index (χ0n) is 63.4. The quantitative estimate of drug-likeness (QED) is 0.0169. The fourth-order valence-corrected chi connectivity index (χ4v) is 12.3. The number of hydrogen-bond acceptors (Lipinski definition) is 15. The molecule has 0 heterocycles. The maximum absolute atomic E-state index is 13.1. The first kappa shape index (κ1) is 96.2. The number of rotatable bonds is 75. The minimum absolute atomic E-state index is 0.0858. The molecule has 0 aromatic rings. The molecule has 0 aliphatic rings. The first-order valence-electron chi connectivity index (χ1n) is 39.8. The number of allylic oxidation sites excluding steroid dienone is 14. The number of phosphoric ester groups is 2. The second kappa shape index (κ2) is 73.5. The monoisotopic (exact) mass is 1450 g/mol. The summed E-state index contributed by atoms with van der Waals surface area (Å²) in [6, 6.07) is 0. The van der Waals surface area contributed by atoms with E-state index >= 15 is 0 Å². The van der Waals surface area contributed by atoms with E-state index in [1.165, 1.54) is 116 Å². The highest BCUT2D eigenvalue weighted by molar-refractivity contribution is 7.47. The third-order valence-electron chi connectivity index (χ3n) is 16.8. The summed E-state index contributed by atoms with van der Waals surface area (Å²) in [5, 5.41) is 10.6. The van der Waals surface area contributed by atoms with E-state index in [-0.39, 0.29) is 25.7 Å². The van der Waals surface area contributed by atoms with Gasteiger partial charge in [0, 0.05) is 25.7 Å². The van der Waals surface area contributed by atoms with Crippen LogP contribution in [-0.4, -0.2) is 96.7 Å². The van der Waals surface area contributed by atoms with Gasteiger partial charge in [-0.3, -0.25) is 37.3 Å². The fraction of sp³-hybridized carbons (Fsp3) is 0.778. The van der Waals surface area contributed by atoms with Crippen molar-refractivity contribution in [1.82, 2.24) is 0 Å². The minimum atomic E-state index is -4.98. The molecule has 5 atom stereocenters. The summed E-state index contributed by atoms with van der Waals surface area (Å²) in [5.74, 6) is -2.21. The maximum atomic E-state index is 13.1. The average Bonchev–Trinajstić information content (AvgIpc) is 0.953. The Morgan fingerprint density at radius 1 is 0.290 bits per heavy atom. The van der Waals surface area contributed by atoms with Gasteiger partial charge in [0.05, 0.1) is 26.4 Å². The van der Waals surface area contributed by atoms with Crippen molar-refractivity contribution >= 4 is 39.5 Å². The van der Waals surface area contributed by atoms with Crippen LogP contribution in [0.15, 0.2) is 85.1 Å². The lowest BCUT2D eigenvalue weighted by molar-refractivity contribution is -0.161. The predicted octanol–water partition coefficient (Wildman–Crippen LogP) is 23.0. The molecule has 0 radical (unpaired) electrons. The molecule has 100 heavy (non-hydrogen) atoms. The molecule has 19 heteroatoms. The lowest BCUT2D eigenvalue weighted by Crippen LogP contribution is -2.30. The van der Waals surface area contributed by atoms with Crippen molar-refractivity contribution in [2.75, 3.05) is 39.6 Å². The highest BCUT2D eigenvalue weighted by Crippen LogP contribution is 2.45. The lowest BCUT2D eigenvalue weighted by Gasteiger charge is -2.21. The van der Waals surface area contributed by atoms with Crippen LogP contribution >= 0.6 is 15.6 Å². The summed E-state index contributed by atoms with van der Waals surface area (Å²) < 4.78 is 68.5. The Bertz CT molecular complexity index is 2230. The topological polar surface area (TPSA) is 237 Å². The number of unbranched alkanes of at least 4 members (excludes halogenated alkanes) is 35. The van der Waals surface area contributed by atoms with Crippen molar-refractivity contribution in [2.24, 2.45) is 0 Å². The van der Waals surface area contributed by atoms with Crippen LogP contribution in [0.2, 0.25) is 0 Å². The Balaban J connectivity index is 5.34. The molecular formula is C81H144O17P2. The molecule has 0 rings (SSSR count). The number of ether oxygens (including phenoxy) is 4. The fourth-order valence-electron chi connectivity index (χ4n) is 10.8. The third kappa shape index (κ3) is 72.6. The number of aliphatic hydroxyl groups is 1. The van der Waals surface area contributed by atoms with Crippen LogP contribution < -0.4 is 0 Å². The standard InChI is InChI=1S/C81H144O17P2/c1-5-9-13-17-21-25-29-32-35-36-37-38-41-43-47-50-54-58-62-66-79(84)91-71-76(97-80(85)67-63-59-55-51-45-28-24-20-16-12-8-4)73-95-99(87,88)93-69-75(82)70-94-100(89,90)96-74-77(98-81(86)68-64-60-56-52-48-44-40-34-31-27-23-19-15-11-7-3)72-92-78(83)65-61-57-53-49-46-42-39-33-30-26-22-18-14-10-6-2/h9,13,21,25,32-35,37-40,43,47,75-77,82H,5-8,10-12,14-20,22-24,26-31,36,41-42,44-46,48-74H2,1-4H3,(H,87,88)(H,89,90)/b13-9-,25-21-,35-32-,38-37-,39-33-,40-34-,47-43-. The third-order valence-corrected chi connectivity index (χ3v) is 18.7. The number of carbonyl (C=O) groups is 4. The average molecular weight is 1450 g/mol. The normalized spacial score (nSPS) is 14.3. The number of hydrogen-bond donors (Lipinski definition) is 3. The van der Waals surface area contributed by atoms with Gasteiger partial charge in [-0.25, -0.2) is 9.13 Å². The molecule has 0 aromatic carbocycles. The van der Waals surface area contributed by atoms with Crippen LogP contribution in [0, 0.1) is 0 Å². The predicted molar refractivity (Wildman–Crippen MR) is 409 cm³/mol. The first-order chi connectivity index (χ1) is 48.7. The van der Waals surface area contributed by atoms with Gasteiger partial charge in [-0.2, -0.15) is 0 Å². The second-order valence-electron chi connectivity index (χ2n) is 26.6. The van der Waals surface area contributed by atoms with Crippen molar-refractivity contribution in [3.8, 4) is 0 Å². The van der Waals surface area contributed by atoms with Crippen LogP contribution in [-0.2, 0) is 65.4 Å². The molecule has 0 fully saturated rings. The SMILES string of the molecule is CC/C=C\C/C=C\C/C=C\C/C=C\C/C=C\CCCCCC(=O)OCC(COP(=O)(O)OCC(O)COP(=O)(O)OCC(COC(=O)CCCCCCC/C=C\CCCCCCCC)OC(=O)CCCCCCC/C=C\CCCCCCCC)OC(=O)CCCCCCCCCCCCC. The number of phosphoric acid groups is 2. The lowest BCUT2D eigenvalue weighted by atomic mass is 10.1. The van der Waals surface area contributed by atoms with Gasteiger partial charge >= 0.3 is 39.5 Å². The van der Waals surface area contributed by atoms with Gasteiger partial charge in [-0.1, -0.05) is 286 Å². The zero-order chi connectivity index (χ0) is 73.2. The van der Waals surface area contributed by atoms with Gasteiger partial charge in [-0.15, -0.1) is 0 Å². The van der Waals surface area contributed by atoms with Gasteiger partial charge in [0.25, 0.3) is 0 Å². The van der Waals surface area contributed by atoms with Crippen LogP contribution in [0.3, 0.4) is 0 Å². The maximum Gasteiger partial charge on any atom is 0.472 e. The Labute approximate surface area is 608 Å². The van der Waals surface area contributed by atoms with Crippen LogP contribution in [0.25, 0.3) is 0 Å². The van der Waals surface area contributed by atoms with E-state index in [1.807, 2.05) is 0 Å². The Morgan fingerprint density at radius 2 is 0.520 bits per heavy atom. The van der Waals surface area contributed by atoms with Crippen molar-refractivity contribution in [3.63, 3.8) is 0 Å². The van der Waals surface area contributed by atoms with Gasteiger partial charge in [0.15, 0.2) is 12.2 Å². The van der Waals surface area contributed by atoms with E-state index in [9.17, 15) is 43.2 Å². The molecule has 0 aromatic heterocycles. The summed E-state index contributed by atoms with van der Waals surface area (Å²) in [4.78, 5) is 72.9. The summed E-state index contributed by atoms with van der Waals surface area (Å²) in [7, 11) is -9.95. The molecule has 17 nitrogen and oxygen atoms in total. The van der Waals surface area contributed by atoms with E-state index in [4.69, 9.17) is 37.0 Å². The summed E-state index contributed by atoms with van der Waals surface area (Å²) in [6.07, 6.45) is 75.7. The smallest absolute Gasteiger partial charge is 0.462 e. The molecule has 0 saturated heterocycles. The largest absolute Gasteiger partial charge is 0.472 e. The van der Waals surface area contributed by atoms with Crippen LogP contribution in [0.1, 0.15) is 349 Å². The second-order valence-corrected chi connectivity index (χ2v) is 29.5. The van der Waals surface area contributed by atoms with Gasteiger partial charge in [0.1, 0.15) is 19.3 Å². The molecule has 5 unspecified atom stereocenters. The van der Waals surface area contributed by atoms with Crippen LogP contribution in [0.4, 0.5) is 0 Å². The Kier molecular flexibility index (Phi) is 70.8. The molecule has 0 bridgehead atoms. The van der Waals surface area contributed by atoms with Crippen LogP contribution in [0.5, 0.6) is 0 Å². The van der Waals surface area contributed by atoms with E-state index in [0.29, 0.717) is 25.7 Å². The van der Waals surface area contributed by atoms with Gasteiger partial charge < -0.3 is 33.8 Å². The molecule has 0 amide bonds. The molecule has 580 valence electrons. The molecule has 0 aliphatic carbocycles.